The molecule has 1 fully saturated rings. The first kappa shape index (κ1) is 20.1. The lowest BCUT2D eigenvalue weighted by molar-refractivity contribution is -0.126. The van der Waals surface area contributed by atoms with Gasteiger partial charge in [0.2, 0.25) is 5.91 Å². The lowest BCUT2D eigenvalue weighted by atomic mass is 9.89. The molecule has 144 valence electrons. The standard InChI is InChI=1S/C20H30N2O4/c1-14(2)11-12-26-17-10-9-16(13-18(17)25-3)20(24)22-21-19(23)15-7-5-4-6-8-15/h9-10,13-15H,4-8,11-12H2,1-3H3,(H,21,23)(H,22,24). The van der Waals surface area contributed by atoms with Crippen molar-refractivity contribution in [3.63, 3.8) is 0 Å². The highest BCUT2D eigenvalue weighted by atomic mass is 16.5. The molecule has 0 aliphatic heterocycles. The van der Waals surface area contributed by atoms with E-state index in [1.807, 2.05) is 0 Å². The van der Waals surface area contributed by atoms with E-state index >= 15 is 0 Å². The van der Waals surface area contributed by atoms with E-state index in [4.69, 9.17) is 9.47 Å². The number of hydrazine groups is 1. The first-order chi connectivity index (χ1) is 12.5. The monoisotopic (exact) mass is 362 g/mol. The van der Waals surface area contributed by atoms with Crippen LogP contribution in [0.1, 0.15) is 62.7 Å². The topological polar surface area (TPSA) is 76.7 Å². The molecule has 6 heteroatoms. The zero-order valence-electron chi connectivity index (χ0n) is 16.0. The zero-order valence-corrected chi connectivity index (χ0v) is 16.0. The van der Waals surface area contributed by atoms with E-state index in [2.05, 4.69) is 24.7 Å². The second-order valence-corrected chi connectivity index (χ2v) is 7.17. The van der Waals surface area contributed by atoms with Gasteiger partial charge in [-0.05, 0) is 43.4 Å². The molecule has 0 unspecified atom stereocenters. The van der Waals surface area contributed by atoms with E-state index in [0.29, 0.717) is 29.6 Å². The van der Waals surface area contributed by atoms with Gasteiger partial charge in [-0.1, -0.05) is 33.1 Å². The second kappa shape index (κ2) is 10.0. The van der Waals surface area contributed by atoms with Gasteiger partial charge in [0.05, 0.1) is 13.7 Å². The van der Waals surface area contributed by atoms with Gasteiger partial charge in [-0.25, -0.2) is 0 Å². The van der Waals surface area contributed by atoms with Crippen molar-refractivity contribution in [2.24, 2.45) is 11.8 Å². The molecular weight excluding hydrogens is 332 g/mol. The number of rotatable bonds is 7. The summed E-state index contributed by atoms with van der Waals surface area (Å²) in [6.45, 7) is 4.86. The van der Waals surface area contributed by atoms with Crippen molar-refractivity contribution in [3.05, 3.63) is 23.8 Å². The van der Waals surface area contributed by atoms with Gasteiger partial charge in [0, 0.05) is 11.5 Å². The van der Waals surface area contributed by atoms with Gasteiger partial charge < -0.3 is 9.47 Å². The average molecular weight is 362 g/mol. The van der Waals surface area contributed by atoms with Gasteiger partial charge in [-0.2, -0.15) is 0 Å². The summed E-state index contributed by atoms with van der Waals surface area (Å²) in [6, 6.07) is 5.00. The first-order valence-corrected chi connectivity index (χ1v) is 9.42. The lowest BCUT2D eigenvalue weighted by Crippen LogP contribution is -2.44. The number of carbonyl (C=O) groups excluding carboxylic acids is 2. The average Bonchev–Trinajstić information content (AvgIpc) is 2.66. The Labute approximate surface area is 155 Å². The maximum Gasteiger partial charge on any atom is 0.269 e. The molecule has 1 aromatic carbocycles. The molecule has 0 atom stereocenters. The van der Waals surface area contributed by atoms with E-state index in [-0.39, 0.29) is 17.7 Å². The molecule has 0 aromatic heterocycles. The van der Waals surface area contributed by atoms with E-state index in [1.54, 1.807) is 18.2 Å². The number of nitrogens with one attached hydrogen (secondary N) is 2. The van der Waals surface area contributed by atoms with Gasteiger partial charge in [-0.3, -0.25) is 20.4 Å². The minimum absolute atomic E-state index is 0.00433. The van der Waals surface area contributed by atoms with E-state index in [1.165, 1.54) is 13.5 Å². The molecule has 0 radical (unpaired) electrons. The normalized spacial score (nSPS) is 14.8. The highest BCUT2D eigenvalue weighted by Crippen LogP contribution is 2.28. The summed E-state index contributed by atoms with van der Waals surface area (Å²) < 4.78 is 11.0. The van der Waals surface area contributed by atoms with Crippen molar-refractivity contribution in [2.45, 2.75) is 52.4 Å². The van der Waals surface area contributed by atoms with Crippen molar-refractivity contribution in [3.8, 4) is 11.5 Å². The molecule has 0 heterocycles. The van der Waals surface area contributed by atoms with E-state index in [9.17, 15) is 9.59 Å². The van der Waals surface area contributed by atoms with Crippen LogP contribution in [0.3, 0.4) is 0 Å². The predicted octanol–water partition coefficient (Wildman–Crippen LogP) is 3.46. The Kier molecular flexibility index (Phi) is 7.75. The molecule has 6 nitrogen and oxygen atoms in total. The third kappa shape index (κ3) is 5.93. The summed E-state index contributed by atoms with van der Waals surface area (Å²) in [5.74, 6) is 1.17. The van der Waals surface area contributed by atoms with Crippen LogP contribution in [0.4, 0.5) is 0 Å². The van der Waals surface area contributed by atoms with Crippen LogP contribution in [0.15, 0.2) is 18.2 Å². The lowest BCUT2D eigenvalue weighted by Gasteiger charge is -2.20. The van der Waals surface area contributed by atoms with Crippen LogP contribution in [-0.2, 0) is 4.79 Å². The number of amides is 2. The molecule has 0 bridgehead atoms. The fraction of sp³-hybridized carbons (Fsp3) is 0.600. The smallest absolute Gasteiger partial charge is 0.269 e. The highest BCUT2D eigenvalue weighted by Gasteiger charge is 2.21. The van der Waals surface area contributed by atoms with Gasteiger partial charge in [-0.15, -0.1) is 0 Å². The number of carbonyl (C=O) groups is 2. The minimum Gasteiger partial charge on any atom is -0.493 e. The van der Waals surface area contributed by atoms with Crippen LogP contribution in [-0.4, -0.2) is 25.5 Å². The zero-order chi connectivity index (χ0) is 18.9. The molecule has 26 heavy (non-hydrogen) atoms. The Morgan fingerprint density at radius 3 is 2.50 bits per heavy atom. The fourth-order valence-corrected chi connectivity index (χ4v) is 2.99. The van der Waals surface area contributed by atoms with Crippen LogP contribution < -0.4 is 20.3 Å². The maximum atomic E-state index is 12.3. The quantitative estimate of drug-likeness (QED) is 0.728. The molecule has 2 rings (SSSR count). The van der Waals surface area contributed by atoms with Crippen LogP contribution in [0.25, 0.3) is 0 Å². The van der Waals surface area contributed by atoms with Gasteiger partial charge in [0.1, 0.15) is 0 Å². The maximum absolute atomic E-state index is 12.3. The van der Waals surface area contributed by atoms with Crippen LogP contribution in [0.2, 0.25) is 0 Å². The minimum atomic E-state index is -0.374. The molecule has 0 spiro atoms. The molecule has 1 saturated carbocycles. The Hall–Kier alpha value is -2.24. The summed E-state index contributed by atoms with van der Waals surface area (Å²) in [4.78, 5) is 24.4. The number of methoxy groups -OCH3 is 1. The van der Waals surface area contributed by atoms with Crippen molar-refractivity contribution in [1.29, 1.82) is 0 Å². The molecule has 1 aliphatic rings. The van der Waals surface area contributed by atoms with Crippen molar-refractivity contribution in [1.82, 2.24) is 10.9 Å². The molecular formula is C20H30N2O4. The molecule has 2 N–H and O–H groups in total. The number of benzene rings is 1. The SMILES string of the molecule is COc1cc(C(=O)NNC(=O)C2CCCCC2)ccc1OCCC(C)C. The number of ether oxygens (including phenoxy) is 2. The van der Waals surface area contributed by atoms with Crippen molar-refractivity contribution >= 4 is 11.8 Å². The summed E-state index contributed by atoms with van der Waals surface area (Å²) in [5, 5.41) is 0. The highest BCUT2D eigenvalue weighted by molar-refractivity contribution is 5.96. The van der Waals surface area contributed by atoms with Crippen LogP contribution in [0.5, 0.6) is 11.5 Å². The molecule has 2 amide bonds. The van der Waals surface area contributed by atoms with Gasteiger partial charge in [0.25, 0.3) is 5.91 Å². The Morgan fingerprint density at radius 2 is 1.85 bits per heavy atom. The Morgan fingerprint density at radius 1 is 1.12 bits per heavy atom. The predicted molar refractivity (Wildman–Crippen MR) is 100 cm³/mol. The second-order valence-electron chi connectivity index (χ2n) is 7.17. The number of hydrogen-bond acceptors (Lipinski definition) is 4. The Bertz CT molecular complexity index is 610. The van der Waals surface area contributed by atoms with E-state index in [0.717, 1.165) is 32.1 Å². The molecule has 1 aliphatic carbocycles. The molecule has 1 aromatic rings. The number of hydrogen-bond donors (Lipinski definition) is 2. The fourth-order valence-electron chi connectivity index (χ4n) is 2.99. The van der Waals surface area contributed by atoms with E-state index < -0.39 is 0 Å². The van der Waals surface area contributed by atoms with Crippen LogP contribution in [0, 0.1) is 11.8 Å². The van der Waals surface area contributed by atoms with Gasteiger partial charge in [0.15, 0.2) is 11.5 Å². The third-order valence-electron chi connectivity index (χ3n) is 4.65. The van der Waals surface area contributed by atoms with Gasteiger partial charge >= 0.3 is 0 Å². The van der Waals surface area contributed by atoms with Crippen molar-refractivity contribution < 1.29 is 19.1 Å². The largest absolute Gasteiger partial charge is 0.493 e. The van der Waals surface area contributed by atoms with Crippen LogP contribution >= 0.6 is 0 Å². The summed E-state index contributed by atoms with van der Waals surface area (Å²) in [5.41, 5.74) is 5.43. The first-order valence-electron chi connectivity index (χ1n) is 9.42. The summed E-state index contributed by atoms with van der Waals surface area (Å²) in [7, 11) is 1.54. The Balaban J connectivity index is 1.90. The summed E-state index contributed by atoms with van der Waals surface area (Å²) in [6.07, 6.45) is 6.04. The molecule has 0 saturated heterocycles. The summed E-state index contributed by atoms with van der Waals surface area (Å²) >= 11 is 0. The van der Waals surface area contributed by atoms with Crippen molar-refractivity contribution in [2.75, 3.05) is 13.7 Å². The third-order valence-corrected chi connectivity index (χ3v) is 4.65.